The van der Waals surface area contributed by atoms with E-state index < -0.39 is 9.84 Å². The number of hydrogen-bond acceptors (Lipinski definition) is 5. The molecule has 3 heterocycles. The van der Waals surface area contributed by atoms with Crippen LogP contribution in [0.5, 0.6) is 0 Å². The number of amides is 1. The van der Waals surface area contributed by atoms with Gasteiger partial charge in [0.25, 0.3) is 0 Å². The second-order valence-corrected chi connectivity index (χ2v) is 8.72. The summed E-state index contributed by atoms with van der Waals surface area (Å²) in [4.78, 5) is 16.4. The molecule has 22 heavy (non-hydrogen) atoms. The van der Waals surface area contributed by atoms with Gasteiger partial charge in [0.1, 0.15) is 5.76 Å². The summed E-state index contributed by atoms with van der Waals surface area (Å²) in [5.74, 6) is 1.38. The van der Waals surface area contributed by atoms with Gasteiger partial charge in [0.2, 0.25) is 5.91 Å². The zero-order chi connectivity index (χ0) is 15.3. The lowest BCUT2D eigenvalue weighted by molar-refractivity contribution is -0.138. The first-order valence-corrected chi connectivity index (χ1v) is 9.63. The van der Waals surface area contributed by atoms with Crippen LogP contribution in [-0.2, 0) is 21.2 Å². The molecule has 0 bridgehead atoms. The molecular weight excluding hydrogens is 304 g/mol. The Hall–Kier alpha value is -1.34. The largest absolute Gasteiger partial charge is 0.468 e. The fourth-order valence-corrected chi connectivity index (χ4v) is 5.67. The Balaban J connectivity index is 1.56. The van der Waals surface area contributed by atoms with Gasteiger partial charge in [0.05, 0.1) is 30.4 Å². The second-order valence-electron chi connectivity index (χ2n) is 6.57. The molecular formula is C15H20N2O4S. The van der Waals surface area contributed by atoms with Crippen molar-refractivity contribution in [2.75, 3.05) is 24.6 Å². The summed E-state index contributed by atoms with van der Waals surface area (Å²) in [6.07, 6.45) is 3.54. The van der Waals surface area contributed by atoms with Crippen LogP contribution in [0.3, 0.4) is 0 Å². The van der Waals surface area contributed by atoms with Gasteiger partial charge in [-0.15, -0.1) is 0 Å². The third-order valence-electron chi connectivity index (χ3n) is 4.94. The Morgan fingerprint density at radius 3 is 2.68 bits per heavy atom. The first-order chi connectivity index (χ1) is 10.5. The minimum Gasteiger partial charge on any atom is -0.468 e. The lowest BCUT2D eigenvalue weighted by Gasteiger charge is -2.43. The van der Waals surface area contributed by atoms with E-state index in [1.807, 2.05) is 17.0 Å². The molecule has 0 N–H and O–H groups in total. The summed E-state index contributed by atoms with van der Waals surface area (Å²) in [7, 11) is -3.08. The molecule has 0 unspecified atom stereocenters. The highest BCUT2D eigenvalue weighted by molar-refractivity contribution is 7.91. The van der Waals surface area contributed by atoms with Crippen molar-refractivity contribution in [1.82, 2.24) is 9.80 Å². The molecule has 0 aromatic carbocycles. The van der Waals surface area contributed by atoms with E-state index in [0.717, 1.165) is 18.6 Å². The minimum atomic E-state index is -3.08. The summed E-state index contributed by atoms with van der Waals surface area (Å²) < 4.78 is 29.6. The van der Waals surface area contributed by atoms with E-state index in [0.29, 0.717) is 19.6 Å². The Morgan fingerprint density at radius 1 is 1.23 bits per heavy atom. The molecule has 6 nitrogen and oxygen atoms in total. The van der Waals surface area contributed by atoms with Crippen LogP contribution in [0.2, 0.25) is 0 Å². The molecule has 1 aromatic rings. The molecule has 2 atom stereocenters. The maximum Gasteiger partial charge on any atom is 0.226 e. The second kappa shape index (κ2) is 5.09. The van der Waals surface area contributed by atoms with Gasteiger partial charge >= 0.3 is 0 Å². The molecule has 1 aromatic heterocycles. The predicted molar refractivity (Wildman–Crippen MR) is 79.8 cm³/mol. The van der Waals surface area contributed by atoms with E-state index in [4.69, 9.17) is 4.42 Å². The molecule has 0 spiro atoms. The van der Waals surface area contributed by atoms with Gasteiger partial charge in [-0.3, -0.25) is 9.69 Å². The van der Waals surface area contributed by atoms with Crippen molar-refractivity contribution in [3.8, 4) is 0 Å². The molecule has 2 aliphatic heterocycles. The topological polar surface area (TPSA) is 70.8 Å². The minimum absolute atomic E-state index is 0.102. The van der Waals surface area contributed by atoms with Gasteiger partial charge < -0.3 is 9.32 Å². The molecule has 3 fully saturated rings. The van der Waals surface area contributed by atoms with Gasteiger partial charge in [-0.05, 0) is 25.0 Å². The summed E-state index contributed by atoms with van der Waals surface area (Å²) in [5, 5.41) is 0. The number of fused-ring (bicyclic) bond motifs is 1. The number of piperazine rings is 1. The Morgan fingerprint density at radius 2 is 2.00 bits per heavy atom. The number of rotatable bonds is 3. The van der Waals surface area contributed by atoms with Crippen LogP contribution in [0.1, 0.15) is 18.6 Å². The van der Waals surface area contributed by atoms with E-state index in [1.54, 1.807) is 6.26 Å². The van der Waals surface area contributed by atoms with E-state index >= 15 is 0 Å². The molecule has 1 aliphatic carbocycles. The van der Waals surface area contributed by atoms with Crippen LogP contribution >= 0.6 is 0 Å². The summed E-state index contributed by atoms with van der Waals surface area (Å²) in [6.45, 7) is 1.93. The highest BCUT2D eigenvalue weighted by atomic mass is 32.2. The predicted octanol–water partition coefficient (Wildman–Crippen LogP) is 0.499. The average molecular weight is 324 g/mol. The molecule has 2 saturated heterocycles. The lowest BCUT2D eigenvalue weighted by atomic mass is 10.0. The summed E-state index contributed by atoms with van der Waals surface area (Å²) >= 11 is 0. The third kappa shape index (κ3) is 2.56. The van der Waals surface area contributed by atoms with Crippen LogP contribution in [0, 0.1) is 5.92 Å². The van der Waals surface area contributed by atoms with Crippen molar-refractivity contribution in [2.45, 2.75) is 31.5 Å². The number of carbonyl (C=O) groups is 1. The molecule has 0 radical (unpaired) electrons. The molecule has 1 saturated carbocycles. The number of furan rings is 1. The average Bonchev–Trinajstić information content (AvgIpc) is 3.09. The van der Waals surface area contributed by atoms with Gasteiger partial charge in [-0.1, -0.05) is 0 Å². The van der Waals surface area contributed by atoms with E-state index in [-0.39, 0.29) is 35.4 Å². The smallest absolute Gasteiger partial charge is 0.226 e. The zero-order valence-corrected chi connectivity index (χ0v) is 13.2. The molecule has 4 rings (SSSR count). The van der Waals surface area contributed by atoms with Crippen LogP contribution in [-0.4, -0.2) is 60.8 Å². The lowest BCUT2D eigenvalue weighted by Crippen LogP contribution is -2.60. The molecule has 120 valence electrons. The van der Waals surface area contributed by atoms with Crippen molar-refractivity contribution in [2.24, 2.45) is 5.92 Å². The van der Waals surface area contributed by atoms with E-state index in [1.165, 1.54) is 0 Å². The zero-order valence-electron chi connectivity index (χ0n) is 12.3. The normalized spacial score (nSPS) is 31.2. The van der Waals surface area contributed by atoms with Gasteiger partial charge in [0, 0.05) is 25.0 Å². The van der Waals surface area contributed by atoms with Crippen LogP contribution in [0.25, 0.3) is 0 Å². The van der Waals surface area contributed by atoms with Crippen molar-refractivity contribution in [1.29, 1.82) is 0 Å². The van der Waals surface area contributed by atoms with E-state index in [9.17, 15) is 13.2 Å². The monoisotopic (exact) mass is 324 g/mol. The third-order valence-corrected chi connectivity index (χ3v) is 6.64. The van der Waals surface area contributed by atoms with E-state index in [2.05, 4.69) is 4.90 Å². The quantitative estimate of drug-likeness (QED) is 0.810. The number of carbonyl (C=O) groups excluding carboxylic acids is 1. The van der Waals surface area contributed by atoms with Gasteiger partial charge in [-0.25, -0.2) is 8.42 Å². The van der Waals surface area contributed by atoms with Crippen LogP contribution < -0.4 is 0 Å². The van der Waals surface area contributed by atoms with Gasteiger partial charge in [-0.2, -0.15) is 0 Å². The maximum absolute atomic E-state index is 12.4. The molecule has 1 amide bonds. The summed E-state index contributed by atoms with van der Waals surface area (Å²) in [6, 6.07) is 3.44. The number of sulfone groups is 1. The van der Waals surface area contributed by atoms with Crippen LogP contribution in [0.15, 0.2) is 22.8 Å². The van der Waals surface area contributed by atoms with Crippen molar-refractivity contribution < 1.29 is 17.6 Å². The first-order valence-electron chi connectivity index (χ1n) is 7.81. The standard InChI is InChI=1S/C15H20N2O4S/c18-15(11-3-4-11)17-6-5-16(8-12-2-1-7-21-12)13-9-22(19,20)10-14(13)17/h1-2,7,11,13-14H,3-6,8-10H2/t13-,14+/m0/s1. The van der Waals surface area contributed by atoms with Crippen LogP contribution in [0.4, 0.5) is 0 Å². The molecule has 3 aliphatic rings. The van der Waals surface area contributed by atoms with Crippen molar-refractivity contribution >= 4 is 15.7 Å². The fraction of sp³-hybridized carbons (Fsp3) is 0.667. The van der Waals surface area contributed by atoms with Gasteiger partial charge in [0.15, 0.2) is 9.84 Å². The maximum atomic E-state index is 12.4. The van der Waals surface area contributed by atoms with Crippen molar-refractivity contribution in [3.05, 3.63) is 24.2 Å². The Labute approximate surface area is 130 Å². The molecule has 7 heteroatoms. The first kappa shape index (κ1) is 14.3. The SMILES string of the molecule is O=C(C1CC1)N1CCN(Cc2ccco2)[C@H]2CS(=O)(=O)C[C@H]21. The summed E-state index contributed by atoms with van der Waals surface area (Å²) in [5.41, 5.74) is 0. The Kier molecular flexibility index (Phi) is 3.30. The number of hydrogen-bond donors (Lipinski definition) is 0. The fourth-order valence-electron chi connectivity index (χ4n) is 3.66. The Bertz CT molecular complexity index is 666. The van der Waals surface area contributed by atoms with Crippen molar-refractivity contribution in [3.63, 3.8) is 0 Å². The highest BCUT2D eigenvalue weighted by Gasteiger charge is 2.49. The number of nitrogens with zero attached hydrogens (tertiary/aromatic N) is 2. The highest BCUT2D eigenvalue weighted by Crippen LogP contribution is 2.35.